The van der Waals surface area contributed by atoms with Crippen molar-refractivity contribution in [2.45, 2.75) is 49.4 Å². The molecule has 0 radical (unpaired) electrons. The third-order valence-electron chi connectivity index (χ3n) is 5.89. The van der Waals surface area contributed by atoms with Gasteiger partial charge in [0.25, 0.3) is 0 Å². The van der Waals surface area contributed by atoms with Crippen LogP contribution in [0.25, 0.3) is 0 Å². The predicted octanol–water partition coefficient (Wildman–Crippen LogP) is 2.51. The van der Waals surface area contributed by atoms with Crippen LogP contribution in [0.5, 0.6) is 5.75 Å². The van der Waals surface area contributed by atoms with E-state index in [1.165, 1.54) is 35.6 Å². The molecule has 192 valence electrons. The van der Waals surface area contributed by atoms with E-state index < -0.39 is 26.0 Å². The van der Waals surface area contributed by atoms with Crippen LogP contribution in [-0.4, -0.2) is 64.6 Å². The second-order valence-corrected chi connectivity index (χ2v) is 12.5. The summed E-state index contributed by atoms with van der Waals surface area (Å²) in [6, 6.07) is 11.0. The van der Waals surface area contributed by atoms with Crippen LogP contribution >= 0.6 is 0 Å². The highest BCUT2D eigenvalue weighted by Crippen LogP contribution is 2.24. The Morgan fingerprint density at radius 2 is 1.63 bits per heavy atom. The highest BCUT2D eigenvalue weighted by molar-refractivity contribution is 7.89. The van der Waals surface area contributed by atoms with Crippen LogP contribution in [0.1, 0.15) is 37.3 Å². The fourth-order valence-corrected chi connectivity index (χ4v) is 6.59. The van der Waals surface area contributed by atoms with E-state index in [1.54, 1.807) is 25.1 Å². The zero-order valence-electron chi connectivity index (χ0n) is 20.4. The molecule has 1 fully saturated rings. The van der Waals surface area contributed by atoms with Gasteiger partial charge in [0, 0.05) is 26.7 Å². The van der Waals surface area contributed by atoms with Crippen molar-refractivity contribution in [1.29, 1.82) is 0 Å². The molecule has 9 nitrogen and oxygen atoms in total. The predicted molar refractivity (Wildman–Crippen MR) is 133 cm³/mol. The first-order chi connectivity index (χ1) is 16.6. The van der Waals surface area contributed by atoms with E-state index in [0.717, 1.165) is 23.6 Å². The lowest BCUT2D eigenvalue weighted by Gasteiger charge is -2.25. The highest BCUT2D eigenvalue weighted by atomic mass is 32.2. The Bertz CT molecular complexity index is 1240. The number of ether oxygens (including phenoxy) is 1. The number of sulfonamides is 2. The summed E-state index contributed by atoms with van der Waals surface area (Å²) < 4.78 is 59.2. The number of hydrogen-bond donors (Lipinski definition) is 1. The normalized spacial score (nSPS) is 15.2. The molecular formula is C24H33N3O6S2. The molecule has 0 aliphatic carbocycles. The maximum absolute atomic E-state index is 12.9. The molecule has 1 aliphatic rings. The molecule has 11 heteroatoms. The fraction of sp³-hybridized carbons (Fsp3) is 0.458. The minimum absolute atomic E-state index is 0.0826. The number of carbonyl (C=O) groups excluding carboxylic acids is 1. The summed E-state index contributed by atoms with van der Waals surface area (Å²) in [6.45, 7) is 4.96. The van der Waals surface area contributed by atoms with E-state index in [9.17, 15) is 21.6 Å². The van der Waals surface area contributed by atoms with Gasteiger partial charge in [0.05, 0.1) is 22.9 Å². The molecule has 0 bridgehead atoms. The second-order valence-electron chi connectivity index (χ2n) is 8.51. The third kappa shape index (κ3) is 6.60. The first-order valence-electron chi connectivity index (χ1n) is 11.6. The van der Waals surface area contributed by atoms with Crippen LogP contribution in [0.3, 0.4) is 0 Å². The molecule has 0 unspecified atom stereocenters. The Morgan fingerprint density at radius 3 is 2.23 bits per heavy atom. The van der Waals surface area contributed by atoms with Gasteiger partial charge in [0.2, 0.25) is 26.0 Å². The monoisotopic (exact) mass is 523 g/mol. The van der Waals surface area contributed by atoms with Crippen LogP contribution in [-0.2, 0) is 31.4 Å². The van der Waals surface area contributed by atoms with Crippen LogP contribution in [0.4, 0.5) is 0 Å². The summed E-state index contributed by atoms with van der Waals surface area (Å²) in [6.07, 6.45) is 2.78. The van der Waals surface area contributed by atoms with Crippen molar-refractivity contribution in [1.82, 2.24) is 13.9 Å². The second kappa shape index (κ2) is 11.5. The Labute approximate surface area is 208 Å². The van der Waals surface area contributed by atoms with Gasteiger partial charge in [-0.15, -0.1) is 0 Å². The molecule has 2 aromatic rings. The van der Waals surface area contributed by atoms with Gasteiger partial charge in [0.15, 0.2) is 0 Å². The van der Waals surface area contributed by atoms with Crippen LogP contribution in [0.15, 0.2) is 52.3 Å². The zero-order valence-corrected chi connectivity index (χ0v) is 22.0. The Balaban J connectivity index is 1.57. The smallest absolute Gasteiger partial charge is 0.243 e. The van der Waals surface area contributed by atoms with Gasteiger partial charge in [-0.25, -0.2) is 16.8 Å². The van der Waals surface area contributed by atoms with E-state index in [-0.39, 0.29) is 22.9 Å². The van der Waals surface area contributed by atoms with Crippen molar-refractivity contribution < 1.29 is 26.4 Å². The van der Waals surface area contributed by atoms with E-state index in [0.29, 0.717) is 36.6 Å². The Kier molecular flexibility index (Phi) is 8.92. The lowest BCUT2D eigenvalue weighted by molar-refractivity contribution is -0.121. The van der Waals surface area contributed by atoms with Gasteiger partial charge in [-0.2, -0.15) is 8.61 Å². The molecule has 1 aliphatic heterocycles. The summed E-state index contributed by atoms with van der Waals surface area (Å²) in [4.78, 5) is 12.7. The summed E-state index contributed by atoms with van der Waals surface area (Å²) in [5.41, 5.74) is 1.40. The van der Waals surface area contributed by atoms with Crippen molar-refractivity contribution in [2.24, 2.45) is 0 Å². The lowest BCUT2D eigenvalue weighted by atomic mass is 10.2. The average molecular weight is 524 g/mol. The van der Waals surface area contributed by atoms with E-state index >= 15 is 0 Å². The highest BCUT2D eigenvalue weighted by Gasteiger charge is 2.26. The van der Waals surface area contributed by atoms with Crippen molar-refractivity contribution >= 4 is 26.0 Å². The van der Waals surface area contributed by atoms with E-state index in [1.807, 2.05) is 6.92 Å². The van der Waals surface area contributed by atoms with Crippen molar-refractivity contribution in [3.8, 4) is 5.75 Å². The molecule has 0 aromatic heterocycles. The number of carbonyl (C=O) groups is 1. The third-order valence-corrected chi connectivity index (χ3v) is 9.60. The van der Waals surface area contributed by atoms with Gasteiger partial charge in [-0.3, -0.25) is 4.79 Å². The largest absolute Gasteiger partial charge is 0.494 e. The zero-order chi connectivity index (χ0) is 25.6. The molecule has 0 spiro atoms. The Hall–Kier alpha value is -2.47. The van der Waals surface area contributed by atoms with Gasteiger partial charge in [-0.1, -0.05) is 18.6 Å². The van der Waals surface area contributed by atoms with Crippen molar-refractivity contribution in [3.63, 3.8) is 0 Å². The quantitative estimate of drug-likeness (QED) is 0.512. The van der Waals surface area contributed by atoms with Crippen molar-refractivity contribution in [2.75, 3.05) is 33.3 Å². The molecule has 1 N–H and O–H groups in total. The number of hydrogen-bond acceptors (Lipinski definition) is 6. The summed E-state index contributed by atoms with van der Waals surface area (Å²) in [5, 5.41) is 2.69. The SMILES string of the molecule is CCOc1ccc(S(=O)(=O)N(C)CC(=O)NCc2ccc(S(=O)(=O)N3CCCCC3)cc2)cc1C. The number of aryl methyl sites for hydroxylation is 1. The first kappa shape index (κ1) is 27.1. The molecule has 35 heavy (non-hydrogen) atoms. The van der Waals surface area contributed by atoms with Gasteiger partial charge < -0.3 is 10.1 Å². The molecule has 0 saturated carbocycles. The fourth-order valence-electron chi connectivity index (χ4n) is 3.86. The van der Waals surface area contributed by atoms with Crippen LogP contribution < -0.4 is 10.1 Å². The van der Waals surface area contributed by atoms with Crippen LogP contribution in [0.2, 0.25) is 0 Å². The number of likely N-dealkylation sites (N-methyl/N-ethyl adjacent to an activating group) is 1. The van der Waals surface area contributed by atoms with Gasteiger partial charge in [0.1, 0.15) is 5.75 Å². The Morgan fingerprint density at radius 1 is 1.00 bits per heavy atom. The van der Waals surface area contributed by atoms with E-state index in [4.69, 9.17) is 4.74 Å². The summed E-state index contributed by atoms with van der Waals surface area (Å²) in [7, 11) is -6.02. The molecule has 2 aromatic carbocycles. The number of amides is 1. The van der Waals surface area contributed by atoms with Crippen LogP contribution in [0, 0.1) is 6.92 Å². The van der Waals surface area contributed by atoms with Gasteiger partial charge >= 0.3 is 0 Å². The molecule has 0 atom stereocenters. The number of piperidine rings is 1. The molecular weight excluding hydrogens is 490 g/mol. The first-order valence-corrected chi connectivity index (χ1v) is 14.5. The number of nitrogens with zero attached hydrogens (tertiary/aromatic N) is 2. The maximum atomic E-state index is 12.9. The summed E-state index contributed by atoms with van der Waals surface area (Å²) >= 11 is 0. The van der Waals surface area contributed by atoms with E-state index in [2.05, 4.69) is 5.32 Å². The number of benzene rings is 2. The molecule has 1 amide bonds. The average Bonchev–Trinajstić information content (AvgIpc) is 2.84. The number of nitrogens with one attached hydrogen (secondary N) is 1. The maximum Gasteiger partial charge on any atom is 0.243 e. The standard InChI is InChI=1S/C24H33N3O6S2/c1-4-33-23-13-12-22(16-19(23)2)34(29,30)26(3)18-24(28)25-17-20-8-10-21(11-9-20)35(31,32)27-14-6-5-7-15-27/h8-13,16H,4-7,14-15,17-18H2,1-3H3,(H,25,28). The lowest BCUT2D eigenvalue weighted by Crippen LogP contribution is -2.38. The topological polar surface area (TPSA) is 113 Å². The van der Waals surface area contributed by atoms with Gasteiger partial charge in [-0.05, 0) is 68.1 Å². The number of rotatable bonds is 10. The molecule has 1 saturated heterocycles. The molecule has 1 heterocycles. The minimum Gasteiger partial charge on any atom is -0.494 e. The summed E-state index contributed by atoms with van der Waals surface area (Å²) in [5.74, 6) is 0.144. The van der Waals surface area contributed by atoms with Crippen molar-refractivity contribution in [3.05, 3.63) is 53.6 Å². The minimum atomic E-state index is -3.86. The molecule has 3 rings (SSSR count).